The standard InChI is InChI=1S/C36H66N4O8/c1-22(2)20-39-14-16-40(17-15-39)32(43)28-26(6)47-34(44)35(7,8)30(42)25(5)31(36(9,45-13)19-23(3)21-38(28)12)48-33-29(41)27(37(10)11)18-24(4)46-33/h22-29,31,33,41H,14-21H2,1-13H3/t23-,24-,25+,26+,27+,28-,29-,31-,33+,36-/m1/s1. The number of amides is 1. The Morgan fingerprint density at radius 2 is 1.67 bits per heavy atom. The van der Waals surface area contributed by atoms with Crippen LogP contribution in [-0.2, 0) is 33.3 Å². The minimum Gasteiger partial charge on any atom is -0.460 e. The van der Waals surface area contributed by atoms with E-state index in [0.29, 0.717) is 38.4 Å². The number of likely N-dealkylation sites (N-methyl/N-ethyl adjacent to an activating group) is 2. The highest BCUT2D eigenvalue weighted by Crippen LogP contribution is 2.38. The maximum absolute atomic E-state index is 14.3. The second kappa shape index (κ2) is 16.6. The molecule has 0 aromatic heterocycles. The number of methoxy groups -OCH3 is 1. The molecule has 3 aliphatic heterocycles. The number of cyclic esters (lactones) is 1. The smallest absolute Gasteiger partial charge is 0.319 e. The largest absolute Gasteiger partial charge is 0.460 e. The van der Waals surface area contributed by atoms with Gasteiger partial charge in [-0.1, -0.05) is 27.7 Å². The second-order valence-electron chi connectivity index (χ2n) is 16.2. The van der Waals surface area contributed by atoms with Gasteiger partial charge in [-0.25, -0.2) is 0 Å². The van der Waals surface area contributed by atoms with Crippen molar-refractivity contribution in [2.75, 3.05) is 67.5 Å². The predicted octanol–water partition coefficient (Wildman–Crippen LogP) is 2.51. The quantitative estimate of drug-likeness (QED) is 0.315. The average molecular weight is 683 g/mol. The van der Waals surface area contributed by atoms with Crippen LogP contribution < -0.4 is 0 Å². The van der Waals surface area contributed by atoms with Crippen molar-refractivity contribution in [1.29, 1.82) is 0 Å². The van der Waals surface area contributed by atoms with Gasteiger partial charge in [-0.15, -0.1) is 0 Å². The van der Waals surface area contributed by atoms with Gasteiger partial charge in [0, 0.05) is 58.3 Å². The summed E-state index contributed by atoms with van der Waals surface area (Å²) in [5, 5.41) is 11.4. The van der Waals surface area contributed by atoms with Gasteiger partial charge in [0.05, 0.1) is 17.8 Å². The van der Waals surface area contributed by atoms with Gasteiger partial charge in [-0.2, -0.15) is 0 Å². The van der Waals surface area contributed by atoms with Gasteiger partial charge in [-0.05, 0) is 80.4 Å². The van der Waals surface area contributed by atoms with Gasteiger partial charge in [-0.3, -0.25) is 24.2 Å². The zero-order chi connectivity index (χ0) is 36.3. The molecule has 12 heteroatoms. The van der Waals surface area contributed by atoms with Crippen LogP contribution in [0.2, 0.25) is 0 Å². The van der Waals surface area contributed by atoms with Gasteiger partial charge in [0.1, 0.15) is 23.7 Å². The zero-order valence-corrected chi connectivity index (χ0v) is 32.0. The Hall–Kier alpha value is -1.67. The fourth-order valence-corrected chi connectivity index (χ4v) is 8.06. The van der Waals surface area contributed by atoms with Crippen molar-refractivity contribution < 1.29 is 38.4 Å². The van der Waals surface area contributed by atoms with Crippen molar-refractivity contribution in [3.8, 4) is 0 Å². The number of carbonyl (C=O) groups excluding carboxylic acids is 3. The van der Waals surface area contributed by atoms with E-state index >= 15 is 0 Å². The molecule has 0 aliphatic carbocycles. The molecule has 278 valence electrons. The van der Waals surface area contributed by atoms with Crippen molar-refractivity contribution in [2.45, 2.75) is 124 Å². The van der Waals surface area contributed by atoms with Crippen LogP contribution in [0.3, 0.4) is 0 Å². The molecule has 1 N–H and O–H groups in total. The van der Waals surface area contributed by atoms with Crippen molar-refractivity contribution in [2.24, 2.45) is 23.2 Å². The van der Waals surface area contributed by atoms with E-state index in [1.807, 2.05) is 49.7 Å². The molecule has 12 nitrogen and oxygen atoms in total. The van der Waals surface area contributed by atoms with Gasteiger partial charge < -0.3 is 33.9 Å². The highest BCUT2D eigenvalue weighted by molar-refractivity contribution is 6.04. The Kier molecular flexibility index (Phi) is 14.1. The molecule has 0 aromatic rings. The van der Waals surface area contributed by atoms with Gasteiger partial charge in [0.25, 0.3) is 0 Å². The maximum atomic E-state index is 14.3. The van der Waals surface area contributed by atoms with Crippen LogP contribution in [0.15, 0.2) is 0 Å². The highest BCUT2D eigenvalue weighted by atomic mass is 16.7. The van der Waals surface area contributed by atoms with Crippen LogP contribution in [0.5, 0.6) is 0 Å². The van der Waals surface area contributed by atoms with E-state index in [9.17, 15) is 19.5 Å². The molecular weight excluding hydrogens is 616 g/mol. The molecule has 1 amide bonds. The van der Waals surface area contributed by atoms with E-state index in [-0.39, 0.29) is 29.8 Å². The first-order valence-electron chi connectivity index (χ1n) is 17.9. The Morgan fingerprint density at radius 1 is 1.06 bits per heavy atom. The molecular formula is C36H66N4O8. The first kappa shape index (κ1) is 40.8. The number of hydrogen-bond acceptors (Lipinski definition) is 11. The number of aliphatic hydroxyl groups excluding tert-OH is 1. The summed E-state index contributed by atoms with van der Waals surface area (Å²) in [6.07, 6.45) is -2.73. The van der Waals surface area contributed by atoms with E-state index in [1.165, 1.54) is 0 Å². The third kappa shape index (κ3) is 9.35. The van der Waals surface area contributed by atoms with E-state index in [4.69, 9.17) is 18.9 Å². The van der Waals surface area contributed by atoms with Crippen molar-refractivity contribution in [3.63, 3.8) is 0 Å². The van der Waals surface area contributed by atoms with Gasteiger partial charge in [0.2, 0.25) is 5.91 Å². The minimum atomic E-state index is -1.55. The molecule has 0 saturated carbocycles. The number of nitrogens with zero attached hydrogens (tertiary/aromatic N) is 4. The first-order chi connectivity index (χ1) is 22.2. The fourth-order valence-electron chi connectivity index (χ4n) is 8.06. The molecule has 3 aliphatic rings. The van der Waals surface area contributed by atoms with Crippen molar-refractivity contribution in [3.05, 3.63) is 0 Å². The predicted molar refractivity (Wildman–Crippen MR) is 184 cm³/mol. The van der Waals surface area contributed by atoms with E-state index < -0.39 is 53.5 Å². The van der Waals surface area contributed by atoms with Crippen LogP contribution in [-0.4, -0.2) is 158 Å². The molecule has 3 fully saturated rings. The zero-order valence-electron chi connectivity index (χ0n) is 32.0. The molecule has 0 radical (unpaired) electrons. The van der Waals surface area contributed by atoms with Gasteiger partial charge in [0.15, 0.2) is 12.1 Å². The summed E-state index contributed by atoms with van der Waals surface area (Å²) in [5.41, 5.74) is -2.57. The van der Waals surface area contributed by atoms with Crippen LogP contribution in [0.4, 0.5) is 0 Å². The number of rotatable bonds is 7. The monoisotopic (exact) mass is 682 g/mol. The van der Waals surface area contributed by atoms with Crippen LogP contribution >= 0.6 is 0 Å². The van der Waals surface area contributed by atoms with Crippen LogP contribution in [0.25, 0.3) is 0 Å². The number of ketones is 1. The number of aliphatic hydroxyl groups is 1. The summed E-state index contributed by atoms with van der Waals surface area (Å²) < 4.78 is 25.0. The Balaban J connectivity index is 1.97. The van der Waals surface area contributed by atoms with E-state index in [0.717, 1.165) is 19.6 Å². The summed E-state index contributed by atoms with van der Waals surface area (Å²) in [7, 11) is 7.30. The summed E-state index contributed by atoms with van der Waals surface area (Å²) in [6, 6.07) is -0.935. The maximum Gasteiger partial charge on any atom is 0.319 e. The number of ether oxygens (including phenoxy) is 4. The lowest BCUT2D eigenvalue weighted by molar-refractivity contribution is -0.295. The summed E-state index contributed by atoms with van der Waals surface area (Å²) in [4.78, 5) is 50.6. The van der Waals surface area contributed by atoms with Crippen LogP contribution in [0.1, 0.15) is 75.2 Å². The topological polar surface area (TPSA) is 121 Å². The molecule has 3 heterocycles. The lowest BCUT2D eigenvalue weighted by Gasteiger charge is -2.47. The fraction of sp³-hybridized carbons (Fsp3) is 0.917. The molecule has 0 bridgehead atoms. The molecule has 3 rings (SSSR count). The van der Waals surface area contributed by atoms with E-state index in [2.05, 4.69) is 25.7 Å². The third-order valence-electron chi connectivity index (χ3n) is 10.7. The summed E-state index contributed by atoms with van der Waals surface area (Å²) in [5.74, 6) is -1.45. The number of esters is 1. The third-order valence-corrected chi connectivity index (χ3v) is 10.7. The summed E-state index contributed by atoms with van der Waals surface area (Å²) >= 11 is 0. The van der Waals surface area contributed by atoms with Crippen molar-refractivity contribution in [1.82, 2.24) is 19.6 Å². The molecule has 0 aromatic carbocycles. The molecule has 10 atom stereocenters. The van der Waals surface area contributed by atoms with Crippen LogP contribution in [0, 0.1) is 23.2 Å². The molecule has 3 saturated heterocycles. The highest BCUT2D eigenvalue weighted by Gasteiger charge is 2.52. The lowest BCUT2D eigenvalue weighted by Crippen LogP contribution is -2.59. The Morgan fingerprint density at radius 3 is 2.21 bits per heavy atom. The number of carbonyl (C=O) groups is 3. The number of piperazine rings is 1. The normalized spacial score (nSPS) is 38.3. The minimum absolute atomic E-state index is 0.0196. The van der Waals surface area contributed by atoms with E-state index in [1.54, 1.807) is 34.8 Å². The van der Waals surface area contributed by atoms with Crippen molar-refractivity contribution >= 4 is 17.7 Å². The average Bonchev–Trinajstić information content (AvgIpc) is 2.99. The van der Waals surface area contributed by atoms with Gasteiger partial charge >= 0.3 is 5.97 Å². The molecule has 0 unspecified atom stereocenters. The number of Topliss-reactive ketones (excluding diaryl/α,β-unsaturated/α-hetero) is 1. The lowest BCUT2D eigenvalue weighted by atomic mass is 9.74. The molecule has 48 heavy (non-hydrogen) atoms. The SMILES string of the molecule is CO[C@]1(C)C[C@@H](C)CN(C)[C@@H](C(=O)N2CCN(CC(C)C)CC2)[C@H](C)OC(=O)C(C)(C)C(=O)[C@H](C)[C@H]1O[C@@H]1O[C@H](C)C[C@H](N(C)C)[C@H]1O. The first-order valence-corrected chi connectivity index (χ1v) is 17.9. The Labute approximate surface area is 289 Å². The number of hydrogen-bond donors (Lipinski definition) is 1. The summed E-state index contributed by atoms with van der Waals surface area (Å²) in [6.45, 7) is 21.2. The second-order valence-corrected chi connectivity index (χ2v) is 16.2. The Bertz CT molecular complexity index is 1100. The molecule has 0 spiro atoms.